The van der Waals surface area contributed by atoms with Crippen molar-refractivity contribution in [2.75, 3.05) is 0 Å². The van der Waals surface area contributed by atoms with E-state index in [1.54, 1.807) is 6.07 Å². The van der Waals surface area contributed by atoms with E-state index < -0.39 is 0 Å². The standard InChI is InChI=1S/C18H17NO/c19-17(14-7-2-1-3-8-14)12-16-15-9-5-4-6-13(15)10-11-18(16)20/h1-11,17,20H,12,19H2. The van der Waals surface area contributed by atoms with Gasteiger partial charge in [0, 0.05) is 11.6 Å². The van der Waals surface area contributed by atoms with Gasteiger partial charge in [-0.3, -0.25) is 0 Å². The third-order valence-corrected chi connectivity index (χ3v) is 3.67. The van der Waals surface area contributed by atoms with Crippen molar-refractivity contribution >= 4 is 10.8 Å². The minimum absolute atomic E-state index is 0.118. The van der Waals surface area contributed by atoms with Crippen molar-refractivity contribution < 1.29 is 5.11 Å². The zero-order valence-corrected chi connectivity index (χ0v) is 11.2. The molecule has 3 aromatic carbocycles. The summed E-state index contributed by atoms with van der Waals surface area (Å²) >= 11 is 0. The average Bonchev–Trinajstić information content (AvgIpc) is 2.51. The van der Waals surface area contributed by atoms with E-state index in [4.69, 9.17) is 5.73 Å². The van der Waals surface area contributed by atoms with Crippen molar-refractivity contribution in [2.45, 2.75) is 12.5 Å². The molecule has 2 heteroatoms. The predicted octanol–water partition coefficient (Wildman–Crippen LogP) is 3.79. The third kappa shape index (κ3) is 2.38. The lowest BCUT2D eigenvalue weighted by Crippen LogP contribution is -2.13. The van der Waals surface area contributed by atoms with E-state index in [2.05, 4.69) is 0 Å². The van der Waals surface area contributed by atoms with Gasteiger partial charge in [0.1, 0.15) is 5.75 Å². The summed E-state index contributed by atoms with van der Waals surface area (Å²) in [5.41, 5.74) is 8.28. The van der Waals surface area contributed by atoms with Crippen LogP contribution in [0.3, 0.4) is 0 Å². The first-order chi connectivity index (χ1) is 9.75. The molecule has 100 valence electrons. The van der Waals surface area contributed by atoms with E-state index in [-0.39, 0.29) is 6.04 Å². The molecular formula is C18H17NO. The molecule has 3 rings (SSSR count). The molecule has 3 aromatic rings. The zero-order valence-electron chi connectivity index (χ0n) is 11.2. The molecule has 0 heterocycles. The Bertz CT molecular complexity index is 722. The summed E-state index contributed by atoms with van der Waals surface area (Å²) in [4.78, 5) is 0. The fraction of sp³-hybridized carbons (Fsp3) is 0.111. The maximum atomic E-state index is 10.1. The van der Waals surface area contributed by atoms with Crippen molar-refractivity contribution in [3.05, 3.63) is 77.9 Å². The lowest BCUT2D eigenvalue weighted by molar-refractivity contribution is 0.466. The van der Waals surface area contributed by atoms with Gasteiger partial charge in [-0.15, -0.1) is 0 Å². The Morgan fingerprint density at radius 3 is 2.35 bits per heavy atom. The normalized spacial score (nSPS) is 12.4. The fourth-order valence-corrected chi connectivity index (χ4v) is 2.58. The largest absolute Gasteiger partial charge is 0.508 e. The van der Waals surface area contributed by atoms with Crippen molar-refractivity contribution in [1.82, 2.24) is 0 Å². The summed E-state index contributed by atoms with van der Waals surface area (Å²) in [7, 11) is 0. The Morgan fingerprint density at radius 1 is 0.850 bits per heavy atom. The Hall–Kier alpha value is -2.32. The molecule has 0 aliphatic heterocycles. The summed E-state index contributed by atoms with van der Waals surface area (Å²) in [5, 5.41) is 12.3. The van der Waals surface area contributed by atoms with Crippen LogP contribution in [0.2, 0.25) is 0 Å². The molecule has 0 bridgehead atoms. The second-order valence-corrected chi connectivity index (χ2v) is 5.01. The van der Waals surface area contributed by atoms with E-state index >= 15 is 0 Å². The topological polar surface area (TPSA) is 46.2 Å². The van der Waals surface area contributed by atoms with Crippen LogP contribution >= 0.6 is 0 Å². The van der Waals surface area contributed by atoms with E-state index in [1.165, 1.54) is 0 Å². The number of aromatic hydroxyl groups is 1. The molecule has 2 nitrogen and oxygen atoms in total. The number of benzene rings is 3. The summed E-state index contributed by atoms with van der Waals surface area (Å²) < 4.78 is 0. The molecule has 0 aliphatic carbocycles. The van der Waals surface area contributed by atoms with E-state index in [0.29, 0.717) is 12.2 Å². The molecule has 20 heavy (non-hydrogen) atoms. The van der Waals surface area contributed by atoms with E-state index in [0.717, 1.165) is 21.9 Å². The van der Waals surface area contributed by atoms with E-state index in [1.807, 2.05) is 60.7 Å². The maximum absolute atomic E-state index is 10.1. The highest BCUT2D eigenvalue weighted by Crippen LogP contribution is 2.30. The monoisotopic (exact) mass is 263 g/mol. The predicted molar refractivity (Wildman–Crippen MR) is 82.7 cm³/mol. The van der Waals surface area contributed by atoms with Crippen LogP contribution in [0.1, 0.15) is 17.2 Å². The Kier molecular flexibility index (Phi) is 3.40. The molecule has 0 saturated heterocycles. The number of nitrogens with two attached hydrogens (primary N) is 1. The van der Waals surface area contributed by atoms with Crippen LogP contribution in [-0.2, 0) is 6.42 Å². The summed E-state index contributed by atoms with van der Waals surface area (Å²) in [6.07, 6.45) is 0.622. The number of hydrogen-bond acceptors (Lipinski definition) is 2. The third-order valence-electron chi connectivity index (χ3n) is 3.67. The molecule has 1 unspecified atom stereocenters. The molecule has 0 amide bonds. The number of rotatable bonds is 3. The van der Waals surface area contributed by atoms with Gasteiger partial charge in [0.15, 0.2) is 0 Å². The first-order valence-corrected chi connectivity index (χ1v) is 6.76. The Labute approximate surface area is 118 Å². The lowest BCUT2D eigenvalue weighted by Gasteiger charge is -2.15. The highest BCUT2D eigenvalue weighted by molar-refractivity contribution is 5.87. The summed E-state index contributed by atoms with van der Waals surface area (Å²) in [6, 6.07) is 21.6. The van der Waals surface area contributed by atoms with Gasteiger partial charge in [-0.25, -0.2) is 0 Å². The fourth-order valence-electron chi connectivity index (χ4n) is 2.58. The highest BCUT2D eigenvalue weighted by atomic mass is 16.3. The number of fused-ring (bicyclic) bond motifs is 1. The first-order valence-electron chi connectivity index (χ1n) is 6.76. The Morgan fingerprint density at radius 2 is 1.55 bits per heavy atom. The van der Waals surface area contributed by atoms with Crippen LogP contribution in [0.4, 0.5) is 0 Å². The molecule has 0 aromatic heterocycles. The quantitative estimate of drug-likeness (QED) is 0.755. The average molecular weight is 263 g/mol. The lowest BCUT2D eigenvalue weighted by atomic mass is 9.95. The minimum Gasteiger partial charge on any atom is -0.508 e. The minimum atomic E-state index is -0.118. The summed E-state index contributed by atoms with van der Waals surface area (Å²) in [5.74, 6) is 0.315. The van der Waals surface area contributed by atoms with Gasteiger partial charge in [-0.05, 0) is 28.8 Å². The maximum Gasteiger partial charge on any atom is 0.119 e. The van der Waals surface area contributed by atoms with Crippen molar-refractivity contribution in [2.24, 2.45) is 5.73 Å². The number of phenolic OH excluding ortho intramolecular Hbond substituents is 1. The van der Waals surface area contributed by atoms with Crippen LogP contribution in [0.15, 0.2) is 66.7 Å². The van der Waals surface area contributed by atoms with Gasteiger partial charge >= 0.3 is 0 Å². The Balaban J connectivity index is 2.00. The molecule has 0 spiro atoms. The molecule has 0 radical (unpaired) electrons. The smallest absolute Gasteiger partial charge is 0.119 e. The van der Waals surface area contributed by atoms with Gasteiger partial charge in [-0.1, -0.05) is 60.7 Å². The SMILES string of the molecule is NC(Cc1c(O)ccc2ccccc12)c1ccccc1. The van der Waals surface area contributed by atoms with E-state index in [9.17, 15) is 5.11 Å². The number of hydrogen-bond donors (Lipinski definition) is 2. The van der Waals surface area contributed by atoms with Gasteiger partial charge in [0.05, 0.1) is 0 Å². The van der Waals surface area contributed by atoms with Gasteiger partial charge < -0.3 is 10.8 Å². The zero-order chi connectivity index (χ0) is 13.9. The number of phenols is 1. The van der Waals surface area contributed by atoms with Crippen LogP contribution < -0.4 is 5.73 Å². The van der Waals surface area contributed by atoms with Crippen molar-refractivity contribution in [3.63, 3.8) is 0 Å². The molecule has 3 N–H and O–H groups in total. The van der Waals surface area contributed by atoms with Crippen LogP contribution in [0.25, 0.3) is 10.8 Å². The van der Waals surface area contributed by atoms with Crippen LogP contribution in [0, 0.1) is 0 Å². The molecule has 0 fully saturated rings. The van der Waals surface area contributed by atoms with Crippen LogP contribution in [-0.4, -0.2) is 5.11 Å². The van der Waals surface area contributed by atoms with Crippen molar-refractivity contribution in [1.29, 1.82) is 0 Å². The molecule has 1 atom stereocenters. The van der Waals surface area contributed by atoms with Crippen molar-refractivity contribution in [3.8, 4) is 5.75 Å². The highest BCUT2D eigenvalue weighted by Gasteiger charge is 2.12. The van der Waals surface area contributed by atoms with Gasteiger partial charge in [0.25, 0.3) is 0 Å². The first kappa shape index (κ1) is 12.7. The second-order valence-electron chi connectivity index (χ2n) is 5.01. The van der Waals surface area contributed by atoms with Crippen LogP contribution in [0.5, 0.6) is 5.75 Å². The summed E-state index contributed by atoms with van der Waals surface area (Å²) in [6.45, 7) is 0. The van der Waals surface area contributed by atoms with Gasteiger partial charge in [0.2, 0.25) is 0 Å². The molecule has 0 aliphatic rings. The molecule has 0 saturated carbocycles. The second kappa shape index (κ2) is 5.35. The molecular weight excluding hydrogens is 246 g/mol. The van der Waals surface area contributed by atoms with Gasteiger partial charge in [-0.2, -0.15) is 0 Å².